The van der Waals surface area contributed by atoms with E-state index in [4.69, 9.17) is 0 Å². The minimum atomic E-state index is -1.01. The van der Waals surface area contributed by atoms with Gasteiger partial charge in [-0.1, -0.05) is 30.3 Å². The number of fused-ring (bicyclic) bond motifs is 1. The molecule has 0 spiro atoms. The minimum absolute atomic E-state index is 0.199. The Balaban J connectivity index is 1.52. The lowest BCUT2D eigenvalue weighted by Gasteiger charge is -2.29. The molecule has 1 atom stereocenters. The topological polar surface area (TPSA) is 75.1 Å². The first-order valence-corrected chi connectivity index (χ1v) is 8.68. The van der Waals surface area contributed by atoms with Gasteiger partial charge >= 0.3 is 0 Å². The number of benzene rings is 2. The van der Waals surface area contributed by atoms with Gasteiger partial charge in [0.25, 0.3) is 5.91 Å². The summed E-state index contributed by atoms with van der Waals surface area (Å²) in [5.41, 5.74) is 1.88. The average molecular weight is 339 g/mol. The predicted molar refractivity (Wildman–Crippen MR) is 92.8 cm³/mol. The van der Waals surface area contributed by atoms with Crippen LogP contribution in [0.25, 0.3) is 11.0 Å². The van der Waals surface area contributed by atoms with E-state index in [2.05, 4.69) is 14.1 Å². The summed E-state index contributed by atoms with van der Waals surface area (Å²) in [5, 5.41) is 14.0. The van der Waals surface area contributed by atoms with E-state index in [9.17, 15) is 9.90 Å². The predicted octanol–water partition coefficient (Wildman–Crippen LogP) is 2.72. The third kappa shape index (κ3) is 2.79. The number of aliphatic hydroxyl groups is 1. The molecule has 1 saturated carbocycles. The molecule has 2 aromatic carbocycles. The van der Waals surface area contributed by atoms with Gasteiger partial charge in [0.1, 0.15) is 16.6 Å². The molecular weight excluding hydrogens is 322 g/mol. The summed E-state index contributed by atoms with van der Waals surface area (Å²) in [7, 11) is 0. The zero-order valence-electron chi connectivity index (χ0n) is 13.0. The summed E-state index contributed by atoms with van der Waals surface area (Å²) in [6, 6.07) is 14.8. The number of rotatable bonds is 5. The molecule has 122 valence electrons. The van der Waals surface area contributed by atoms with Crippen molar-refractivity contribution in [1.29, 1.82) is 0 Å². The van der Waals surface area contributed by atoms with Crippen molar-refractivity contribution >= 4 is 28.7 Å². The third-order valence-corrected chi connectivity index (χ3v) is 5.12. The Labute approximate surface area is 143 Å². The van der Waals surface area contributed by atoms with Crippen LogP contribution in [0.15, 0.2) is 48.5 Å². The zero-order valence-corrected chi connectivity index (χ0v) is 13.8. The summed E-state index contributed by atoms with van der Waals surface area (Å²) in [5.74, 6) is -0.00896. The van der Waals surface area contributed by atoms with Crippen LogP contribution in [0.4, 0.5) is 0 Å². The molecule has 1 aliphatic rings. The molecule has 1 heterocycles. The monoisotopic (exact) mass is 339 g/mol. The van der Waals surface area contributed by atoms with E-state index >= 15 is 0 Å². The Bertz CT molecular complexity index is 876. The molecule has 4 rings (SSSR count). The second kappa shape index (κ2) is 5.96. The van der Waals surface area contributed by atoms with E-state index in [1.165, 1.54) is 0 Å². The Morgan fingerprint density at radius 1 is 1.17 bits per heavy atom. The van der Waals surface area contributed by atoms with Gasteiger partial charge in [0.15, 0.2) is 0 Å². The average Bonchev–Trinajstić information content (AvgIpc) is 3.38. The molecule has 6 heteroatoms. The lowest BCUT2D eigenvalue weighted by atomic mass is 9.88. The quantitative estimate of drug-likeness (QED) is 0.749. The molecule has 5 nitrogen and oxygen atoms in total. The van der Waals surface area contributed by atoms with Crippen LogP contribution in [-0.4, -0.2) is 26.3 Å². The van der Waals surface area contributed by atoms with Crippen LogP contribution in [-0.2, 0) is 5.60 Å². The zero-order chi connectivity index (χ0) is 16.6. The molecule has 1 fully saturated rings. The van der Waals surface area contributed by atoms with Crippen molar-refractivity contribution < 1.29 is 9.90 Å². The number of aromatic nitrogens is 2. The fourth-order valence-electron chi connectivity index (χ4n) is 3.01. The van der Waals surface area contributed by atoms with Gasteiger partial charge < -0.3 is 10.4 Å². The molecule has 2 N–H and O–H groups in total. The smallest absolute Gasteiger partial charge is 0.251 e. The Hall–Kier alpha value is -2.31. The van der Waals surface area contributed by atoms with Crippen molar-refractivity contribution in [3.8, 4) is 0 Å². The SMILES string of the molecule is O=C(NCC(O)(c1ccccc1)C1CC1)c1ccc2nsnc2c1. The second-order valence-electron chi connectivity index (χ2n) is 6.21. The van der Waals surface area contributed by atoms with E-state index in [0.29, 0.717) is 11.1 Å². The summed E-state index contributed by atoms with van der Waals surface area (Å²) >= 11 is 1.13. The van der Waals surface area contributed by atoms with Gasteiger partial charge in [-0.3, -0.25) is 4.79 Å². The number of carbonyl (C=O) groups excluding carboxylic acids is 1. The highest BCUT2D eigenvalue weighted by molar-refractivity contribution is 7.00. The second-order valence-corrected chi connectivity index (χ2v) is 6.74. The number of hydrogen-bond donors (Lipinski definition) is 2. The van der Waals surface area contributed by atoms with E-state index in [-0.39, 0.29) is 18.4 Å². The summed E-state index contributed by atoms with van der Waals surface area (Å²) in [6.45, 7) is 0.202. The molecule has 24 heavy (non-hydrogen) atoms. The lowest BCUT2D eigenvalue weighted by Crippen LogP contribution is -2.42. The fourth-order valence-corrected chi connectivity index (χ4v) is 3.53. The maximum Gasteiger partial charge on any atom is 0.251 e. The van der Waals surface area contributed by atoms with Crippen molar-refractivity contribution in [2.75, 3.05) is 6.54 Å². The standard InChI is InChI=1S/C18H17N3O2S/c22-17(12-6-9-15-16(10-12)21-24-20-15)19-11-18(23,14-7-8-14)13-4-2-1-3-5-13/h1-6,9-10,14,23H,7-8,11H2,(H,19,22). The fraction of sp³-hybridized carbons (Fsp3) is 0.278. The van der Waals surface area contributed by atoms with Gasteiger partial charge in [-0.05, 0) is 42.5 Å². The molecular formula is C18H17N3O2S. The van der Waals surface area contributed by atoms with Crippen LogP contribution in [0, 0.1) is 5.92 Å². The Morgan fingerprint density at radius 2 is 1.92 bits per heavy atom. The van der Waals surface area contributed by atoms with Crippen molar-refractivity contribution in [3.05, 3.63) is 59.7 Å². The third-order valence-electron chi connectivity index (χ3n) is 4.56. The normalized spacial score (nSPS) is 16.7. The highest BCUT2D eigenvalue weighted by Gasteiger charge is 2.45. The maximum absolute atomic E-state index is 12.5. The molecule has 1 unspecified atom stereocenters. The van der Waals surface area contributed by atoms with Gasteiger partial charge in [-0.25, -0.2) is 0 Å². The van der Waals surface area contributed by atoms with Crippen LogP contribution in [0.5, 0.6) is 0 Å². The number of nitrogens with one attached hydrogen (secondary N) is 1. The molecule has 0 aliphatic heterocycles. The van der Waals surface area contributed by atoms with E-state index in [1.54, 1.807) is 18.2 Å². The number of amides is 1. The first kappa shape index (κ1) is 15.2. The molecule has 1 aliphatic carbocycles. The highest BCUT2D eigenvalue weighted by Crippen LogP contribution is 2.45. The Kier molecular flexibility index (Phi) is 3.78. The van der Waals surface area contributed by atoms with E-state index in [1.807, 2.05) is 30.3 Å². The number of carbonyl (C=O) groups is 1. The summed E-state index contributed by atoms with van der Waals surface area (Å²) in [4.78, 5) is 12.5. The van der Waals surface area contributed by atoms with Gasteiger partial charge in [-0.2, -0.15) is 8.75 Å². The van der Waals surface area contributed by atoms with Gasteiger partial charge in [-0.15, -0.1) is 0 Å². The van der Waals surface area contributed by atoms with Crippen LogP contribution in [0.2, 0.25) is 0 Å². The van der Waals surface area contributed by atoms with Crippen LogP contribution < -0.4 is 5.32 Å². The first-order valence-electron chi connectivity index (χ1n) is 7.95. The first-order chi connectivity index (χ1) is 11.7. The summed E-state index contributed by atoms with van der Waals surface area (Å²) in [6.07, 6.45) is 1.97. The molecule has 1 amide bonds. The van der Waals surface area contributed by atoms with Crippen molar-refractivity contribution in [3.63, 3.8) is 0 Å². The van der Waals surface area contributed by atoms with Crippen molar-refractivity contribution in [1.82, 2.24) is 14.1 Å². The summed E-state index contributed by atoms with van der Waals surface area (Å²) < 4.78 is 8.29. The van der Waals surface area contributed by atoms with Gasteiger partial charge in [0.2, 0.25) is 0 Å². The van der Waals surface area contributed by atoms with Crippen LogP contribution >= 0.6 is 11.7 Å². The molecule has 0 saturated heterocycles. The largest absolute Gasteiger partial charge is 0.383 e. The van der Waals surface area contributed by atoms with Crippen LogP contribution in [0.1, 0.15) is 28.8 Å². The minimum Gasteiger partial charge on any atom is -0.383 e. The van der Waals surface area contributed by atoms with Gasteiger partial charge in [0, 0.05) is 5.56 Å². The molecule has 3 aromatic rings. The molecule has 1 aromatic heterocycles. The highest BCUT2D eigenvalue weighted by atomic mass is 32.1. The van der Waals surface area contributed by atoms with E-state index in [0.717, 1.165) is 35.6 Å². The maximum atomic E-state index is 12.5. The number of hydrogen-bond acceptors (Lipinski definition) is 5. The Morgan fingerprint density at radius 3 is 2.67 bits per heavy atom. The van der Waals surface area contributed by atoms with Crippen molar-refractivity contribution in [2.45, 2.75) is 18.4 Å². The van der Waals surface area contributed by atoms with Crippen molar-refractivity contribution in [2.24, 2.45) is 5.92 Å². The van der Waals surface area contributed by atoms with Gasteiger partial charge in [0.05, 0.1) is 18.3 Å². The van der Waals surface area contributed by atoms with E-state index < -0.39 is 5.60 Å². The van der Waals surface area contributed by atoms with Crippen LogP contribution in [0.3, 0.4) is 0 Å². The molecule has 0 radical (unpaired) electrons. The number of nitrogens with zero attached hydrogens (tertiary/aromatic N) is 2. The lowest BCUT2D eigenvalue weighted by molar-refractivity contribution is 0.0135. The molecule has 0 bridgehead atoms.